The molecule has 0 N–H and O–H groups in total. The summed E-state index contributed by atoms with van der Waals surface area (Å²) in [5, 5.41) is 0. The Hall–Kier alpha value is 0.796. The molecule has 0 rings (SSSR count). The van der Waals surface area contributed by atoms with Crippen LogP contribution in [0.1, 0.15) is 20.3 Å². The Balaban J connectivity index is 0. The van der Waals surface area contributed by atoms with E-state index in [1.807, 2.05) is 0 Å². The molecule has 4 nitrogen and oxygen atoms in total. The fourth-order valence-electron chi connectivity index (χ4n) is 0.581. The van der Waals surface area contributed by atoms with Gasteiger partial charge in [0.25, 0.3) is 0 Å². The van der Waals surface area contributed by atoms with Gasteiger partial charge in [-0.2, -0.15) is 8.42 Å². The molecule has 0 atom stereocenters. The van der Waals surface area contributed by atoms with Gasteiger partial charge in [0, 0.05) is 6.08 Å². The van der Waals surface area contributed by atoms with Gasteiger partial charge in [0.05, 0.1) is 5.75 Å². The summed E-state index contributed by atoms with van der Waals surface area (Å²) in [5.74, 6) is -0.970. The van der Waals surface area contributed by atoms with Gasteiger partial charge in [-0.15, -0.1) is 0 Å². The number of carbonyl (C=O) groups is 1. The maximum absolute atomic E-state index is 10.8. The monoisotopic (exact) mass is 232 g/mol. The summed E-state index contributed by atoms with van der Waals surface area (Å²) in [7, 11) is -3.65. The molecule has 0 aromatic carbocycles. The van der Waals surface area contributed by atoms with Crippen molar-refractivity contribution in [2.45, 2.75) is 20.3 Å². The summed E-state index contributed by atoms with van der Waals surface area (Å²) in [6.45, 7) is 3.30. The summed E-state index contributed by atoms with van der Waals surface area (Å²) in [6, 6.07) is 0. The van der Waals surface area contributed by atoms with E-state index in [-0.39, 0.29) is 57.1 Å². The topological polar surface area (TPSA) is 60.4 Å². The maximum atomic E-state index is 10.8. The van der Waals surface area contributed by atoms with Crippen LogP contribution < -0.4 is 0 Å². The Morgan fingerprint density at radius 1 is 1.46 bits per heavy atom. The molecule has 6 heteroatoms. The van der Waals surface area contributed by atoms with Gasteiger partial charge in [0.2, 0.25) is 0 Å². The number of carbonyl (C=O) groups excluding carboxylic acids is 1. The van der Waals surface area contributed by atoms with E-state index in [1.165, 1.54) is 6.08 Å². The molecular weight excluding hydrogens is 219 g/mol. The molecule has 0 spiro atoms. The van der Waals surface area contributed by atoms with Crippen LogP contribution in [0.5, 0.6) is 0 Å². The Bertz CT molecular complexity index is 268. The molecule has 72 valence electrons. The fourth-order valence-corrected chi connectivity index (χ4v) is 1.47. The SMILES string of the molecule is CC=CC(=O)OS(=O)(=O)CCC.[KH]. The predicted octanol–water partition coefficient (Wildman–Crippen LogP) is 0.197. The first-order chi connectivity index (χ1) is 5.52. The normalized spacial score (nSPS) is 10.9. The van der Waals surface area contributed by atoms with E-state index in [4.69, 9.17) is 0 Å². The van der Waals surface area contributed by atoms with E-state index >= 15 is 0 Å². The van der Waals surface area contributed by atoms with Gasteiger partial charge in [0.1, 0.15) is 0 Å². The molecule has 0 saturated carbocycles. The molecule has 0 aliphatic rings. The van der Waals surface area contributed by atoms with Crippen molar-refractivity contribution in [1.82, 2.24) is 0 Å². The van der Waals surface area contributed by atoms with Crippen molar-refractivity contribution in [3.8, 4) is 0 Å². The molecular formula is C7H13KO4S. The van der Waals surface area contributed by atoms with E-state index in [1.54, 1.807) is 13.8 Å². The zero-order valence-corrected chi connectivity index (χ0v) is 7.93. The van der Waals surface area contributed by atoms with Gasteiger partial charge in [-0.25, -0.2) is 4.79 Å². The molecule has 0 heterocycles. The minimum absolute atomic E-state index is 0. The molecule has 0 saturated heterocycles. The van der Waals surface area contributed by atoms with E-state index in [2.05, 4.69) is 4.18 Å². The molecule has 0 bridgehead atoms. The van der Waals surface area contributed by atoms with Gasteiger partial charge >= 0.3 is 67.5 Å². The number of allylic oxidation sites excluding steroid dienone is 1. The molecule has 0 aromatic heterocycles. The van der Waals surface area contributed by atoms with Crippen LogP contribution in [0, 0.1) is 0 Å². The first-order valence-corrected chi connectivity index (χ1v) is 5.18. The standard InChI is InChI=1S/C7H12O4S.K.H/c1-3-5-7(8)11-12(9,10)6-4-2;;/h3,5H,4,6H2,1-2H3;;. The van der Waals surface area contributed by atoms with E-state index in [9.17, 15) is 13.2 Å². The van der Waals surface area contributed by atoms with Gasteiger partial charge in [-0.3, -0.25) is 0 Å². The first kappa shape index (κ1) is 16.2. The summed E-state index contributed by atoms with van der Waals surface area (Å²) in [6.07, 6.45) is 2.92. The summed E-state index contributed by atoms with van der Waals surface area (Å²) >= 11 is 0. The second-order valence-corrected chi connectivity index (χ2v) is 3.85. The molecule has 0 fully saturated rings. The van der Waals surface area contributed by atoms with E-state index in [0.717, 1.165) is 6.08 Å². The van der Waals surface area contributed by atoms with Crippen LogP contribution in [0.15, 0.2) is 12.2 Å². The van der Waals surface area contributed by atoms with Crippen molar-refractivity contribution in [1.29, 1.82) is 0 Å². The average molecular weight is 232 g/mol. The number of rotatable bonds is 4. The van der Waals surface area contributed by atoms with Gasteiger partial charge in [-0.05, 0) is 13.3 Å². The van der Waals surface area contributed by atoms with Crippen LogP contribution in [0.2, 0.25) is 0 Å². The van der Waals surface area contributed by atoms with Crippen molar-refractivity contribution in [2.75, 3.05) is 5.75 Å². The molecule has 0 aliphatic heterocycles. The average Bonchev–Trinajstić information content (AvgIpc) is 1.85. The van der Waals surface area contributed by atoms with Gasteiger partial charge < -0.3 is 4.18 Å². The molecule has 0 aromatic rings. The van der Waals surface area contributed by atoms with Gasteiger partial charge in [-0.1, -0.05) is 13.0 Å². The fraction of sp³-hybridized carbons (Fsp3) is 0.571. The Morgan fingerprint density at radius 3 is 2.38 bits per heavy atom. The summed E-state index contributed by atoms with van der Waals surface area (Å²) in [5.41, 5.74) is 0. The zero-order valence-electron chi connectivity index (χ0n) is 7.11. The van der Waals surface area contributed by atoms with Crippen LogP contribution >= 0.6 is 0 Å². The van der Waals surface area contributed by atoms with Crippen LogP contribution in [-0.2, 0) is 19.1 Å². The van der Waals surface area contributed by atoms with Crippen LogP contribution in [0.4, 0.5) is 0 Å². The zero-order chi connectivity index (χ0) is 9.61. The van der Waals surface area contributed by atoms with Crippen molar-refractivity contribution in [3.05, 3.63) is 12.2 Å². The Labute approximate surface area is 121 Å². The molecule has 13 heavy (non-hydrogen) atoms. The van der Waals surface area contributed by atoms with Crippen molar-refractivity contribution >= 4 is 67.5 Å². The summed E-state index contributed by atoms with van der Waals surface area (Å²) < 4.78 is 25.8. The number of hydrogen-bond donors (Lipinski definition) is 0. The van der Waals surface area contributed by atoms with Crippen LogP contribution in [-0.4, -0.2) is 71.5 Å². The quantitative estimate of drug-likeness (QED) is 0.394. The third kappa shape index (κ3) is 9.11. The van der Waals surface area contributed by atoms with E-state index < -0.39 is 16.1 Å². The van der Waals surface area contributed by atoms with Crippen LogP contribution in [0.3, 0.4) is 0 Å². The molecule has 0 aliphatic carbocycles. The number of hydrogen-bond acceptors (Lipinski definition) is 4. The second kappa shape index (κ2) is 8.13. The van der Waals surface area contributed by atoms with Crippen LogP contribution in [0.25, 0.3) is 0 Å². The third-order valence-electron chi connectivity index (χ3n) is 0.966. The first-order valence-electron chi connectivity index (χ1n) is 3.60. The Kier molecular flexibility index (Phi) is 10.2. The molecule has 0 amide bonds. The minimum atomic E-state index is -3.65. The molecule has 0 unspecified atom stereocenters. The third-order valence-corrected chi connectivity index (χ3v) is 2.29. The second-order valence-electron chi connectivity index (χ2n) is 2.16. The van der Waals surface area contributed by atoms with Crippen molar-refractivity contribution < 1.29 is 17.4 Å². The van der Waals surface area contributed by atoms with E-state index in [0.29, 0.717) is 6.42 Å². The predicted molar refractivity (Wildman–Crippen MR) is 52.1 cm³/mol. The Morgan fingerprint density at radius 2 is 2.00 bits per heavy atom. The van der Waals surface area contributed by atoms with Crippen molar-refractivity contribution in [2.24, 2.45) is 0 Å². The van der Waals surface area contributed by atoms with Crippen molar-refractivity contribution in [3.63, 3.8) is 0 Å². The summed E-state index contributed by atoms with van der Waals surface area (Å²) in [4.78, 5) is 10.6. The van der Waals surface area contributed by atoms with Gasteiger partial charge in [0.15, 0.2) is 0 Å². The molecule has 0 radical (unpaired) electrons.